The van der Waals surface area contributed by atoms with Crippen LogP contribution in [0.3, 0.4) is 0 Å². The Morgan fingerprint density at radius 1 is 1.64 bits per heavy atom. The van der Waals surface area contributed by atoms with Gasteiger partial charge >= 0.3 is 6.09 Å². The van der Waals surface area contributed by atoms with Crippen LogP contribution in [-0.4, -0.2) is 51.1 Å². The van der Waals surface area contributed by atoms with Crippen molar-refractivity contribution in [2.24, 2.45) is 0 Å². The van der Waals surface area contributed by atoms with E-state index in [0.717, 1.165) is 15.1 Å². The molecule has 0 radical (unpaired) electrons. The molecule has 4 nitrogen and oxygen atoms in total. The van der Waals surface area contributed by atoms with E-state index in [4.69, 9.17) is 10.2 Å². The Kier molecular flexibility index (Phi) is 5.50. The zero-order chi connectivity index (χ0) is 8.69. The van der Waals surface area contributed by atoms with Gasteiger partial charge in [-0.1, -0.05) is 6.08 Å². The first-order chi connectivity index (χ1) is 5.22. The van der Waals surface area contributed by atoms with Crippen molar-refractivity contribution in [3.8, 4) is 0 Å². The van der Waals surface area contributed by atoms with Gasteiger partial charge in [0.25, 0.3) is 0 Å². The van der Waals surface area contributed by atoms with E-state index in [9.17, 15) is 4.79 Å². The van der Waals surface area contributed by atoms with E-state index in [1.165, 1.54) is 0 Å². The van der Waals surface area contributed by atoms with Crippen LogP contribution < -0.4 is 0 Å². The third kappa shape index (κ3) is 4.57. The van der Waals surface area contributed by atoms with E-state index in [1.807, 2.05) is 5.70 Å². The van der Waals surface area contributed by atoms with Gasteiger partial charge in [0.1, 0.15) is 0 Å². The second kappa shape index (κ2) is 5.93. The highest BCUT2D eigenvalue weighted by Crippen LogP contribution is 1.88. The molecule has 1 amide bonds. The molecule has 0 aliphatic carbocycles. The van der Waals surface area contributed by atoms with Crippen molar-refractivity contribution in [1.29, 1.82) is 0 Å². The number of aliphatic hydroxyl groups is 1. The summed E-state index contributed by atoms with van der Waals surface area (Å²) in [5.74, 6) is 0. The van der Waals surface area contributed by atoms with Crippen LogP contribution in [-0.2, 0) is 0 Å². The van der Waals surface area contributed by atoms with Gasteiger partial charge in [-0.2, -0.15) is 0 Å². The number of hydrogen-bond acceptors (Lipinski definition) is 2. The van der Waals surface area contributed by atoms with Gasteiger partial charge in [0.05, 0.1) is 6.61 Å². The first-order valence-corrected chi connectivity index (χ1v) is 4.57. The van der Waals surface area contributed by atoms with E-state index < -0.39 is 6.09 Å². The fraction of sp³-hybridized carbons (Fsp3) is 0.500. The molecule has 0 rings (SSSR count). The molecule has 2 N–H and O–H groups in total. The average molecular weight is 175 g/mol. The monoisotopic (exact) mass is 175 g/mol. The molecule has 0 spiro atoms. The molecule has 0 atom stereocenters. The summed E-state index contributed by atoms with van der Waals surface area (Å²) in [6, 6.07) is 0. The minimum Gasteiger partial charge on any atom is -0.465 e. The first-order valence-electron chi connectivity index (χ1n) is 3.42. The highest BCUT2D eigenvalue weighted by molar-refractivity contribution is 6.16. The minimum absolute atomic E-state index is 0.124. The van der Waals surface area contributed by atoms with Crippen LogP contribution in [0.4, 0.5) is 4.79 Å². The molecule has 0 aliphatic heterocycles. The van der Waals surface area contributed by atoms with Crippen molar-refractivity contribution in [2.45, 2.75) is 0 Å². The molecule has 64 valence electrons. The van der Waals surface area contributed by atoms with Gasteiger partial charge in [-0.25, -0.2) is 4.79 Å². The fourth-order valence-corrected chi connectivity index (χ4v) is 0.829. The summed E-state index contributed by atoms with van der Waals surface area (Å²) in [4.78, 5) is 11.5. The summed E-state index contributed by atoms with van der Waals surface area (Å²) in [7, 11) is 0.932. The summed E-state index contributed by atoms with van der Waals surface area (Å²) in [5.41, 5.74) is 1.91. The van der Waals surface area contributed by atoms with E-state index in [2.05, 4.69) is 0 Å². The number of aliphatic hydroxyl groups excluding tert-OH is 1. The summed E-state index contributed by atoms with van der Waals surface area (Å²) in [6.45, 7) is 0.432. The van der Waals surface area contributed by atoms with Crippen LogP contribution in [0.5, 0.6) is 0 Å². The molecule has 0 unspecified atom stereocenters. The third-order valence-electron chi connectivity index (χ3n) is 1.20. The highest BCUT2D eigenvalue weighted by atomic mass is 28.1. The third-order valence-corrected chi connectivity index (χ3v) is 1.67. The second-order valence-corrected chi connectivity index (χ2v) is 2.69. The van der Waals surface area contributed by atoms with E-state index in [0.29, 0.717) is 6.54 Å². The van der Waals surface area contributed by atoms with Gasteiger partial charge in [-0.3, -0.25) is 0 Å². The first kappa shape index (κ1) is 10.2. The predicted molar refractivity (Wildman–Crippen MR) is 45.8 cm³/mol. The van der Waals surface area contributed by atoms with Crippen LogP contribution in [0.15, 0.2) is 11.8 Å². The number of nitrogens with zero attached hydrogens (tertiary/aromatic N) is 1. The summed E-state index contributed by atoms with van der Waals surface area (Å²) < 4.78 is 0. The molecule has 0 fully saturated rings. The zero-order valence-corrected chi connectivity index (χ0v) is 8.53. The van der Waals surface area contributed by atoms with Crippen molar-refractivity contribution >= 4 is 16.3 Å². The number of amides is 1. The number of hydrogen-bond donors (Lipinski definition) is 2. The number of carbonyl (C=O) groups is 1. The van der Waals surface area contributed by atoms with Crippen molar-refractivity contribution in [3.05, 3.63) is 11.8 Å². The molecule has 11 heavy (non-hydrogen) atoms. The van der Waals surface area contributed by atoms with E-state index >= 15 is 0 Å². The topological polar surface area (TPSA) is 60.8 Å². The quantitative estimate of drug-likeness (QED) is 0.530. The van der Waals surface area contributed by atoms with E-state index in [1.54, 1.807) is 6.08 Å². The lowest BCUT2D eigenvalue weighted by molar-refractivity contribution is 0.138. The Bertz CT molecular complexity index is 149. The van der Waals surface area contributed by atoms with Gasteiger partial charge in [-0.05, 0) is 0 Å². The maximum absolute atomic E-state index is 10.4. The molecule has 0 heterocycles. The van der Waals surface area contributed by atoms with Crippen LogP contribution in [0.2, 0.25) is 0 Å². The van der Waals surface area contributed by atoms with Crippen LogP contribution >= 0.6 is 0 Å². The highest BCUT2D eigenvalue weighted by Gasteiger charge is 2.07. The SMILES string of the molecule is O=C(O)N(CC=C[SiH3])CCO. The molecule has 0 aromatic carbocycles. The van der Waals surface area contributed by atoms with Crippen molar-refractivity contribution in [3.63, 3.8) is 0 Å². The number of carboxylic acid groups (broad SMARTS) is 1. The Balaban J connectivity index is 3.79. The Morgan fingerprint density at radius 3 is 2.64 bits per heavy atom. The standard InChI is InChI=1S/C6H13NO3Si/c8-4-3-7(6(9)10)2-1-5-11/h1,5,8H,2-4H2,11H3,(H,9,10). The van der Waals surface area contributed by atoms with Gasteiger partial charge < -0.3 is 15.1 Å². The smallest absolute Gasteiger partial charge is 0.407 e. The maximum Gasteiger partial charge on any atom is 0.407 e. The zero-order valence-electron chi connectivity index (χ0n) is 6.53. The molecule has 0 aliphatic rings. The predicted octanol–water partition coefficient (Wildman–Crippen LogP) is -1.16. The Hall–Kier alpha value is -0.813. The summed E-state index contributed by atoms with van der Waals surface area (Å²) in [5, 5.41) is 17.0. The van der Waals surface area contributed by atoms with E-state index in [-0.39, 0.29) is 13.2 Å². The van der Waals surface area contributed by atoms with Crippen molar-refractivity contribution < 1.29 is 15.0 Å². The lowest BCUT2D eigenvalue weighted by atomic mass is 10.5. The lowest BCUT2D eigenvalue weighted by Gasteiger charge is -2.14. The molecule has 0 aromatic rings. The van der Waals surface area contributed by atoms with Gasteiger partial charge in [0.2, 0.25) is 0 Å². The Labute approximate surface area is 68.6 Å². The summed E-state index contributed by atoms with van der Waals surface area (Å²) >= 11 is 0. The largest absolute Gasteiger partial charge is 0.465 e. The van der Waals surface area contributed by atoms with Gasteiger partial charge in [0, 0.05) is 23.3 Å². The minimum atomic E-state index is -0.987. The fourth-order valence-electron chi connectivity index (χ4n) is 0.618. The second-order valence-electron chi connectivity index (χ2n) is 2.02. The van der Waals surface area contributed by atoms with Crippen LogP contribution in [0, 0.1) is 0 Å². The van der Waals surface area contributed by atoms with Gasteiger partial charge in [0.15, 0.2) is 0 Å². The normalized spacial score (nSPS) is 10.6. The van der Waals surface area contributed by atoms with Crippen molar-refractivity contribution in [1.82, 2.24) is 4.90 Å². The van der Waals surface area contributed by atoms with Crippen LogP contribution in [0.25, 0.3) is 0 Å². The molecule has 0 saturated heterocycles. The van der Waals surface area contributed by atoms with Crippen molar-refractivity contribution in [2.75, 3.05) is 19.7 Å². The van der Waals surface area contributed by atoms with Crippen LogP contribution in [0.1, 0.15) is 0 Å². The summed E-state index contributed by atoms with van der Waals surface area (Å²) in [6.07, 6.45) is 0.800. The molecular formula is C6H13NO3Si. The molecule has 0 saturated carbocycles. The average Bonchev–Trinajstić information content (AvgIpc) is 1.97. The maximum atomic E-state index is 10.4. The molecule has 0 bridgehead atoms. The lowest BCUT2D eigenvalue weighted by Crippen LogP contribution is -2.32. The molecular weight excluding hydrogens is 162 g/mol. The van der Waals surface area contributed by atoms with Gasteiger partial charge in [-0.15, -0.1) is 5.70 Å². The molecule has 5 heteroatoms. The molecule has 0 aromatic heterocycles. The Morgan fingerprint density at radius 2 is 2.27 bits per heavy atom. The number of rotatable bonds is 4.